The van der Waals surface area contributed by atoms with Gasteiger partial charge in [0.25, 0.3) is 5.91 Å². The third kappa shape index (κ3) is 5.16. The Morgan fingerprint density at radius 1 is 1.18 bits per heavy atom. The summed E-state index contributed by atoms with van der Waals surface area (Å²) >= 11 is 7.43. The molecule has 0 saturated heterocycles. The second kappa shape index (κ2) is 10.1. The number of carbonyl (C=O) groups excluding carboxylic acids is 1. The Morgan fingerprint density at radius 2 is 1.94 bits per heavy atom. The molecule has 0 saturated carbocycles. The van der Waals surface area contributed by atoms with Crippen LogP contribution in [-0.4, -0.2) is 55.7 Å². The van der Waals surface area contributed by atoms with Crippen LogP contribution in [-0.2, 0) is 6.42 Å². The first-order chi connectivity index (χ1) is 15.9. The fraction of sp³-hybridized carbons (Fsp3) is 0.360. The van der Waals surface area contributed by atoms with Crippen molar-refractivity contribution in [3.05, 3.63) is 58.1 Å². The molecular weight excluding hydrogens is 458 g/mol. The van der Waals surface area contributed by atoms with Gasteiger partial charge in [0.1, 0.15) is 16.5 Å². The topological polar surface area (TPSA) is 54.9 Å². The van der Waals surface area contributed by atoms with E-state index < -0.39 is 0 Å². The first kappa shape index (κ1) is 23.5. The molecule has 33 heavy (non-hydrogen) atoms. The van der Waals surface area contributed by atoms with Gasteiger partial charge in [-0.15, -0.1) is 11.3 Å². The van der Waals surface area contributed by atoms with Crippen LogP contribution >= 0.6 is 22.9 Å². The predicted molar refractivity (Wildman–Crippen MR) is 134 cm³/mol. The van der Waals surface area contributed by atoms with Gasteiger partial charge in [-0.05, 0) is 45.2 Å². The van der Waals surface area contributed by atoms with E-state index in [1.54, 1.807) is 12.0 Å². The molecule has 0 fully saturated rings. The summed E-state index contributed by atoms with van der Waals surface area (Å²) in [5, 5.41) is 1.51. The Hall–Kier alpha value is -2.61. The largest absolute Gasteiger partial charge is 0.493 e. The predicted octanol–water partition coefficient (Wildman–Crippen LogP) is 5.39. The number of nitrogens with zero attached hydrogens (tertiary/aromatic N) is 3. The van der Waals surface area contributed by atoms with Gasteiger partial charge in [-0.25, -0.2) is 4.98 Å². The first-order valence-corrected chi connectivity index (χ1v) is 12.2. The van der Waals surface area contributed by atoms with Crippen LogP contribution in [0.1, 0.15) is 29.2 Å². The minimum Gasteiger partial charge on any atom is -0.493 e. The number of carbonyl (C=O) groups is 1. The normalized spacial score (nSPS) is 13.5. The zero-order valence-corrected chi connectivity index (χ0v) is 20.9. The molecule has 1 aliphatic rings. The third-order valence-electron chi connectivity index (χ3n) is 5.84. The fourth-order valence-corrected chi connectivity index (χ4v) is 4.79. The number of amides is 1. The van der Waals surface area contributed by atoms with Crippen molar-refractivity contribution in [3.63, 3.8) is 0 Å². The van der Waals surface area contributed by atoms with Gasteiger partial charge in [-0.2, -0.15) is 0 Å². The highest BCUT2D eigenvalue weighted by atomic mass is 35.5. The maximum Gasteiger partial charge on any atom is 0.270 e. The Balaban J connectivity index is 1.51. The number of aromatic nitrogens is 1. The minimum absolute atomic E-state index is 0.0387. The number of halogens is 1. The quantitative estimate of drug-likeness (QED) is 0.428. The Labute approximate surface area is 203 Å². The lowest BCUT2D eigenvalue weighted by Crippen LogP contribution is -2.36. The molecule has 174 valence electrons. The van der Waals surface area contributed by atoms with Crippen molar-refractivity contribution in [3.8, 4) is 22.1 Å². The lowest BCUT2D eigenvalue weighted by molar-refractivity contribution is 0.0984. The molecule has 1 amide bonds. The summed E-state index contributed by atoms with van der Waals surface area (Å²) in [6, 6.07) is 13.6. The first-order valence-electron chi connectivity index (χ1n) is 11.0. The molecule has 1 aromatic heterocycles. The standard InChI is InChI=1S/C25H28ClN3O3S/c1-16(2)28(3)13-14-32-21-10-9-19(15-22(21)31-4)29-12-11-20-23(25(29)30)33-24(27-20)17-5-7-18(26)8-6-17/h5-10,15-16H,11-14H2,1-4H3. The van der Waals surface area contributed by atoms with Crippen molar-refractivity contribution < 1.29 is 14.3 Å². The molecule has 2 heterocycles. The molecule has 6 nitrogen and oxygen atoms in total. The highest BCUT2D eigenvalue weighted by Crippen LogP contribution is 2.36. The molecule has 0 spiro atoms. The molecule has 1 aliphatic heterocycles. The Morgan fingerprint density at radius 3 is 2.64 bits per heavy atom. The summed E-state index contributed by atoms with van der Waals surface area (Å²) < 4.78 is 11.5. The van der Waals surface area contributed by atoms with Gasteiger partial charge in [0.2, 0.25) is 0 Å². The maximum absolute atomic E-state index is 13.3. The van der Waals surface area contributed by atoms with Crippen molar-refractivity contribution in [2.75, 3.05) is 38.8 Å². The van der Waals surface area contributed by atoms with Crippen LogP contribution in [0.5, 0.6) is 11.5 Å². The van der Waals surface area contributed by atoms with E-state index in [1.807, 2.05) is 42.5 Å². The highest BCUT2D eigenvalue weighted by Gasteiger charge is 2.30. The van der Waals surface area contributed by atoms with E-state index in [0.717, 1.165) is 28.5 Å². The van der Waals surface area contributed by atoms with Gasteiger partial charge >= 0.3 is 0 Å². The number of methoxy groups -OCH3 is 1. The molecule has 4 rings (SSSR count). The second-order valence-corrected chi connectivity index (χ2v) is 9.70. The van der Waals surface area contributed by atoms with Crippen molar-refractivity contribution in [2.24, 2.45) is 0 Å². The number of thiazole rings is 1. The lowest BCUT2D eigenvalue weighted by atomic mass is 10.1. The number of rotatable bonds is 8. The van der Waals surface area contributed by atoms with Crippen LogP contribution in [0.15, 0.2) is 42.5 Å². The van der Waals surface area contributed by atoms with Crippen LogP contribution in [0.4, 0.5) is 5.69 Å². The number of likely N-dealkylation sites (N-methyl/N-ethyl adjacent to an activating group) is 1. The van der Waals surface area contributed by atoms with E-state index >= 15 is 0 Å². The Kier molecular flexibility index (Phi) is 7.22. The van der Waals surface area contributed by atoms with E-state index in [-0.39, 0.29) is 5.91 Å². The van der Waals surface area contributed by atoms with Crippen molar-refractivity contribution in [1.29, 1.82) is 0 Å². The minimum atomic E-state index is -0.0387. The summed E-state index contributed by atoms with van der Waals surface area (Å²) in [5.41, 5.74) is 2.60. The van der Waals surface area contributed by atoms with E-state index in [0.29, 0.717) is 47.0 Å². The van der Waals surface area contributed by atoms with Crippen LogP contribution in [0.25, 0.3) is 10.6 Å². The number of fused-ring (bicyclic) bond motifs is 1. The molecule has 8 heteroatoms. The molecule has 2 aromatic carbocycles. The molecular formula is C25H28ClN3O3S. The van der Waals surface area contributed by atoms with E-state index in [1.165, 1.54) is 11.3 Å². The van der Waals surface area contributed by atoms with Crippen LogP contribution in [0.2, 0.25) is 5.02 Å². The number of hydrogen-bond donors (Lipinski definition) is 0. The van der Waals surface area contributed by atoms with Crippen molar-refractivity contribution >= 4 is 34.5 Å². The van der Waals surface area contributed by atoms with Gasteiger partial charge in [-0.3, -0.25) is 4.79 Å². The average molecular weight is 486 g/mol. The SMILES string of the molecule is COc1cc(N2CCc3nc(-c4ccc(Cl)cc4)sc3C2=O)ccc1OCCN(C)C(C)C. The number of benzene rings is 2. The number of hydrogen-bond acceptors (Lipinski definition) is 6. The van der Waals surface area contributed by atoms with Crippen molar-refractivity contribution in [2.45, 2.75) is 26.3 Å². The lowest BCUT2D eigenvalue weighted by Gasteiger charge is -2.27. The van der Waals surface area contributed by atoms with Gasteiger partial charge in [0.05, 0.1) is 12.8 Å². The van der Waals surface area contributed by atoms with Gasteiger partial charge < -0.3 is 19.3 Å². The zero-order valence-electron chi connectivity index (χ0n) is 19.3. The van der Waals surface area contributed by atoms with Crippen LogP contribution < -0.4 is 14.4 Å². The molecule has 3 aromatic rings. The van der Waals surface area contributed by atoms with E-state index in [4.69, 9.17) is 26.1 Å². The number of anilines is 1. The fourth-order valence-electron chi connectivity index (χ4n) is 3.59. The summed E-state index contributed by atoms with van der Waals surface area (Å²) in [7, 11) is 3.69. The summed E-state index contributed by atoms with van der Waals surface area (Å²) in [4.78, 5) is 22.7. The van der Waals surface area contributed by atoms with Crippen LogP contribution in [0, 0.1) is 0 Å². The molecule has 0 unspecified atom stereocenters. The van der Waals surface area contributed by atoms with Crippen LogP contribution in [0.3, 0.4) is 0 Å². The third-order valence-corrected chi connectivity index (χ3v) is 7.23. The monoisotopic (exact) mass is 485 g/mol. The van der Waals surface area contributed by atoms with Gasteiger partial charge in [-0.1, -0.05) is 23.7 Å². The summed E-state index contributed by atoms with van der Waals surface area (Å²) in [6.07, 6.45) is 0.702. The van der Waals surface area contributed by atoms with Crippen molar-refractivity contribution in [1.82, 2.24) is 9.88 Å². The van der Waals surface area contributed by atoms with Gasteiger partial charge in [0, 0.05) is 47.9 Å². The molecule has 0 bridgehead atoms. The zero-order chi connectivity index (χ0) is 23.5. The smallest absolute Gasteiger partial charge is 0.270 e. The number of ether oxygens (including phenoxy) is 2. The summed E-state index contributed by atoms with van der Waals surface area (Å²) in [5.74, 6) is 1.25. The molecule has 0 atom stereocenters. The molecule has 0 N–H and O–H groups in total. The Bertz CT molecular complexity index is 1130. The average Bonchev–Trinajstić information content (AvgIpc) is 3.25. The molecule has 0 radical (unpaired) electrons. The van der Waals surface area contributed by atoms with E-state index in [9.17, 15) is 4.79 Å². The highest BCUT2D eigenvalue weighted by molar-refractivity contribution is 7.17. The molecule has 0 aliphatic carbocycles. The summed E-state index contributed by atoms with van der Waals surface area (Å²) in [6.45, 7) is 6.25. The van der Waals surface area contributed by atoms with E-state index in [2.05, 4.69) is 25.8 Å². The van der Waals surface area contributed by atoms with Gasteiger partial charge in [0.15, 0.2) is 11.5 Å². The second-order valence-electron chi connectivity index (χ2n) is 8.27. The maximum atomic E-state index is 13.3.